The third-order valence-corrected chi connectivity index (χ3v) is 10.8. The van der Waals surface area contributed by atoms with Crippen LogP contribution in [0.15, 0.2) is 194 Å². The third kappa shape index (κ3) is 14.3. The lowest BCUT2D eigenvalue weighted by molar-refractivity contribution is 0.603. The van der Waals surface area contributed by atoms with Gasteiger partial charge in [0.2, 0.25) is 0 Å². The number of halogens is 3. The van der Waals surface area contributed by atoms with Gasteiger partial charge >= 0.3 is 0 Å². The highest BCUT2D eigenvalue weighted by Gasteiger charge is 2.08. The number of pyridine rings is 1. The molecule has 7 aromatic carbocycles. The molecule has 0 spiro atoms. The van der Waals surface area contributed by atoms with E-state index in [1.54, 1.807) is 12.1 Å². The summed E-state index contributed by atoms with van der Waals surface area (Å²) in [4.78, 5) is 4.32. The Morgan fingerprint density at radius 2 is 0.698 bits per heavy atom. The van der Waals surface area contributed by atoms with Crippen LogP contribution < -0.4 is 0 Å². The molecule has 0 atom stereocenters. The predicted molar refractivity (Wildman–Crippen MR) is 262 cm³/mol. The summed E-state index contributed by atoms with van der Waals surface area (Å²) in [6, 6.07) is 59.9. The minimum Gasteiger partial charge on any atom is -0.256 e. The Hall–Kier alpha value is -6.52. The van der Waals surface area contributed by atoms with Crippen LogP contribution in [-0.4, -0.2) is 4.98 Å². The fourth-order valence-corrected chi connectivity index (χ4v) is 6.77. The van der Waals surface area contributed by atoms with E-state index >= 15 is 0 Å². The van der Waals surface area contributed by atoms with Crippen molar-refractivity contribution in [1.82, 2.24) is 4.98 Å². The lowest BCUT2D eigenvalue weighted by Crippen LogP contribution is -1.89. The van der Waals surface area contributed by atoms with E-state index in [1.807, 2.05) is 72.9 Å². The van der Waals surface area contributed by atoms with Crippen molar-refractivity contribution in [1.29, 1.82) is 0 Å². The van der Waals surface area contributed by atoms with E-state index in [0.717, 1.165) is 23.4 Å². The van der Waals surface area contributed by atoms with E-state index in [4.69, 9.17) is 0 Å². The van der Waals surface area contributed by atoms with Crippen molar-refractivity contribution in [2.24, 2.45) is 0 Å². The maximum Gasteiger partial charge on any atom is 0.131 e. The number of benzene rings is 7. The van der Waals surface area contributed by atoms with Gasteiger partial charge in [0.15, 0.2) is 0 Å². The topological polar surface area (TPSA) is 12.9 Å². The Balaban J connectivity index is 0.000000159. The van der Waals surface area contributed by atoms with E-state index in [0.29, 0.717) is 40.4 Å². The summed E-state index contributed by atoms with van der Waals surface area (Å²) in [5.41, 5.74) is 12.6. The number of hydrogen-bond donors (Lipinski definition) is 0. The molecular weight excluding hydrogens is 780 g/mol. The van der Waals surface area contributed by atoms with E-state index in [2.05, 4.69) is 145 Å². The van der Waals surface area contributed by atoms with Crippen molar-refractivity contribution in [2.45, 2.75) is 79.1 Å². The summed E-state index contributed by atoms with van der Waals surface area (Å²) in [5.74, 6) is 1.14. The quantitative estimate of drug-likeness (QED) is 0.149. The van der Waals surface area contributed by atoms with E-state index in [1.165, 1.54) is 51.1 Å². The van der Waals surface area contributed by atoms with Gasteiger partial charge in [-0.1, -0.05) is 207 Å². The standard InChI is InChI=1S/C15H14F2.C15H15F.C15H16.C14H15N/c1-10(2)11-3-5-12(6-4-11)14-9-13(16)7-8-15(14)17;1-11(2)12-7-9-13(10-8-12)14-5-3-4-6-15(14)16;1-12(2)13-8-10-15(11-9-13)14-6-4-3-5-7-14;1-11(2)12-6-8-13(9-7-12)14-5-3-4-10-15-14/h3-10H,1-2H3;3-11H,1-2H3;3-12H,1-2H3;3-11H,1-2H3. The van der Waals surface area contributed by atoms with Crippen molar-refractivity contribution in [3.8, 4) is 44.6 Å². The summed E-state index contributed by atoms with van der Waals surface area (Å²) in [7, 11) is 0. The highest BCUT2D eigenvalue weighted by Crippen LogP contribution is 2.27. The highest BCUT2D eigenvalue weighted by atomic mass is 19.1. The molecule has 322 valence electrons. The van der Waals surface area contributed by atoms with Crippen LogP contribution in [0.5, 0.6) is 0 Å². The van der Waals surface area contributed by atoms with Crippen LogP contribution in [0.3, 0.4) is 0 Å². The molecule has 0 radical (unpaired) electrons. The smallest absolute Gasteiger partial charge is 0.131 e. The average Bonchev–Trinajstić information content (AvgIpc) is 3.31. The second-order valence-corrected chi connectivity index (χ2v) is 16.8. The fraction of sp³-hybridized carbons (Fsp3) is 0.203. The minimum atomic E-state index is -0.422. The van der Waals surface area contributed by atoms with Crippen LogP contribution in [0.2, 0.25) is 0 Å². The highest BCUT2D eigenvalue weighted by molar-refractivity contribution is 5.66. The average molecular weight is 840 g/mol. The second-order valence-electron chi connectivity index (χ2n) is 16.8. The Bertz CT molecular complexity index is 2460. The van der Waals surface area contributed by atoms with Crippen LogP contribution in [-0.2, 0) is 0 Å². The first-order valence-electron chi connectivity index (χ1n) is 21.9. The van der Waals surface area contributed by atoms with E-state index < -0.39 is 11.6 Å². The molecule has 0 saturated heterocycles. The molecule has 0 aliphatic heterocycles. The normalized spacial score (nSPS) is 10.7. The lowest BCUT2D eigenvalue weighted by atomic mass is 9.98. The van der Waals surface area contributed by atoms with Crippen molar-refractivity contribution >= 4 is 0 Å². The van der Waals surface area contributed by atoms with Gasteiger partial charge in [0.25, 0.3) is 0 Å². The molecular formula is C59H60F3N. The minimum absolute atomic E-state index is 0.167. The predicted octanol–water partition coefficient (Wildman–Crippen LogP) is 17.7. The zero-order chi connectivity index (χ0) is 45.3. The Morgan fingerprint density at radius 3 is 1.14 bits per heavy atom. The molecule has 0 fully saturated rings. The van der Waals surface area contributed by atoms with Crippen LogP contribution >= 0.6 is 0 Å². The molecule has 0 aliphatic carbocycles. The van der Waals surface area contributed by atoms with Gasteiger partial charge in [-0.3, -0.25) is 4.98 Å². The molecule has 8 rings (SSSR count). The first kappa shape index (κ1) is 47.5. The third-order valence-electron chi connectivity index (χ3n) is 10.8. The van der Waals surface area contributed by atoms with Gasteiger partial charge in [-0.2, -0.15) is 0 Å². The number of aromatic nitrogens is 1. The van der Waals surface area contributed by atoms with Gasteiger partial charge in [0.1, 0.15) is 17.5 Å². The number of nitrogens with zero attached hydrogens (tertiary/aromatic N) is 1. The molecule has 4 heteroatoms. The van der Waals surface area contributed by atoms with Crippen LogP contribution in [0, 0.1) is 17.5 Å². The Kier molecular flexibility index (Phi) is 17.8. The maximum absolute atomic E-state index is 13.5. The van der Waals surface area contributed by atoms with Gasteiger partial charge < -0.3 is 0 Å². The van der Waals surface area contributed by atoms with Gasteiger partial charge in [-0.05, 0) is 105 Å². The summed E-state index contributed by atoms with van der Waals surface area (Å²) in [6.45, 7) is 17.3. The van der Waals surface area contributed by atoms with Gasteiger partial charge in [-0.15, -0.1) is 0 Å². The Labute approximate surface area is 374 Å². The molecule has 1 aromatic heterocycles. The molecule has 1 heterocycles. The van der Waals surface area contributed by atoms with Crippen molar-refractivity contribution in [3.05, 3.63) is 234 Å². The van der Waals surface area contributed by atoms with Crippen LogP contribution in [0.25, 0.3) is 44.6 Å². The van der Waals surface area contributed by atoms with Crippen LogP contribution in [0.1, 0.15) is 101 Å². The monoisotopic (exact) mass is 839 g/mol. The van der Waals surface area contributed by atoms with Gasteiger partial charge in [0, 0.05) is 22.9 Å². The van der Waals surface area contributed by atoms with Gasteiger partial charge in [0.05, 0.1) is 5.69 Å². The fourth-order valence-electron chi connectivity index (χ4n) is 6.77. The first-order chi connectivity index (χ1) is 30.3. The molecule has 8 aromatic rings. The molecule has 0 saturated carbocycles. The van der Waals surface area contributed by atoms with Crippen molar-refractivity contribution < 1.29 is 13.2 Å². The first-order valence-corrected chi connectivity index (χ1v) is 21.9. The summed E-state index contributed by atoms with van der Waals surface area (Å²) in [6.07, 6.45) is 1.83. The summed E-state index contributed by atoms with van der Waals surface area (Å²) >= 11 is 0. The number of hydrogen-bond acceptors (Lipinski definition) is 1. The van der Waals surface area contributed by atoms with Crippen molar-refractivity contribution in [3.63, 3.8) is 0 Å². The zero-order valence-corrected chi connectivity index (χ0v) is 37.9. The van der Waals surface area contributed by atoms with E-state index in [-0.39, 0.29) is 5.82 Å². The maximum atomic E-state index is 13.5. The summed E-state index contributed by atoms with van der Waals surface area (Å²) in [5, 5.41) is 0. The molecule has 0 N–H and O–H groups in total. The van der Waals surface area contributed by atoms with Crippen LogP contribution in [0.4, 0.5) is 13.2 Å². The Morgan fingerprint density at radius 1 is 0.317 bits per heavy atom. The molecule has 0 aliphatic rings. The largest absolute Gasteiger partial charge is 0.256 e. The number of rotatable bonds is 8. The second kappa shape index (κ2) is 23.6. The molecule has 63 heavy (non-hydrogen) atoms. The molecule has 0 unspecified atom stereocenters. The zero-order valence-electron chi connectivity index (χ0n) is 37.9. The van der Waals surface area contributed by atoms with Gasteiger partial charge in [-0.25, -0.2) is 13.2 Å². The summed E-state index contributed by atoms with van der Waals surface area (Å²) < 4.78 is 40.2. The lowest BCUT2D eigenvalue weighted by Gasteiger charge is -2.08. The SMILES string of the molecule is CC(C)c1ccc(-c2cc(F)ccc2F)cc1.CC(C)c1ccc(-c2ccccc2)cc1.CC(C)c1ccc(-c2ccccc2F)cc1.CC(C)c1ccc(-c2ccccn2)cc1. The molecule has 0 bridgehead atoms. The van der Waals surface area contributed by atoms with Crippen molar-refractivity contribution in [2.75, 3.05) is 0 Å². The molecule has 1 nitrogen and oxygen atoms in total. The van der Waals surface area contributed by atoms with E-state index in [9.17, 15) is 13.2 Å². The molecule has 0 amide bonds.